The molecule has 0 aliphatic rings. The highest BCUT2D eigenvalue weighted by atomic mass is 35.5. The second kappa shape index (κ2) is 6.58. The quantitative estimate of drug-likeness (QED) is 0.459. The molecule has 2 nitrogen and oxygen atoms in total. The molecule has 1 heterocycles. The van der Waals surface area contributed by atoms with E-state index in [2.05, 4.69) is 48.3 Å². The Morgan fingerprint density at radius 2 is 1.48 bits per heavy atom. The standard InChI is InChI=1S/C22H17ClN2/c1-15-7-5-11-18(13-15)22-24-20(16-8-3-2-4-9-16)21(25-22)17-10-6-12-19(23)14-17/h2-14H,1H3,(H,24,25). The molecule has 122 valence electrons. The summed E-state index contributed by atoms with van der Waals surface area (Å²) >= 11 is 6.20. The molecule has 0 saturated heterocycles. The molecule has 0 bridgehead atoms. The maximum atomic E-state index is 6.20. The molecule has 4 aromatic rings. The van der Waals surface area contributed by atoms with Gasteiger partial charge in [0.1, 0.15) is 5.82 Å². The SMILES string of the molecule is Cc1cccc(-c2nc(-c3cccc(Cl)c3)c(-c3ccccc3)[nH]2)c1. The number of nitrogens with zero attached hydrogens (tertiary/aromatic N) is 1. The number of nitrogens with one attached hydrogen (secondary N) is 1. The van der Waals surface area contributed by atoms with Crippen LogP contribution in [0.3, 0.4) is 0 Å². The Morgan fingerprint density at radius 3 is 2.24 bits per heavy atom. The molecule has 0 atom stereocenters. The Balaban J connectivity index is 1.92. The molecular formula is C22H17ClN2. The second-order valence-corrected chi connectivity index (χ2v) is 6.49. The van der Waals surface area contributed by atoms with E-state index in [1.165, 1.54) is 5.56 Å². The Kier molecular flexibility index (Phi) is 4.12. The fraction of sp³-hybridized carbons (Fsp3) is 0.0455. The molecule has 1 N–H and O–H groups in total. The van der Waals surface area contributed by atoms with E-state index in [-0.39, 0.29) is 0 Å². The van der Waals surface area contributed by atoms with Gasteiger partial charge < -0.3 is 4.98 Å². The van der Waals surface area contributed by atoms with E-state index in [0.29, 0.717) is 5.02 Å². The predicted octanol–water partition coefficient (Wildman–Crippen LogP) is 6.37. The highest BCUT2D eigenvalue weighted by Gasteiger charge is 2.15. The fourth-order valence-electron chi connectivity index (χ4n) is 2.96. The number of hydrogen-bond donors (Lipinski definition) is 1. The first-order chi connectivity index (χ1) is 12.2. The molecular weight excluding hydrogens is 328 g/mol. The Bertz CT molecular complexity index is 1020. The van der Waals surface area contributed by atoms with Crippen molar-refractivity contribution < 1.29 is 0 Å². The summed E-state index contributed by atoms with van der Waals surface area (Å²) in [6.07, 6.45) is 0. The van der Waals surface area contributed by atoms with Crippen LogP contribution in [-0.2, 0) is 0 Å². The summed E-state index contributed by atoms with van der Waals surface area (Å²) in [5.41, 5.74) is 6.29. The first-order valence-electron chi connectivity index (χ1n) is 8.19. The van der Waals surface area contributed by atoms with E-state index in [9.17, 15) is 0 Å². The number of H-pyrrole nitrogens is 1. The molecule has 1 aromatic heterocycles. The van der Waals surface area contributed by atoms with E-state index in [4.69, 9.17) is 16.6 Å². The molecule has 4 rings (SSSR count). The lowest BCUT2D eigenvalue weighted by Crippen LogP contribution is -1.83. The molecule has 0 unspecified atom stereocenters. The van der Waals surface area contributed by atoms with Crippen LogP contribution in [0, 0.1) is 6.92 Å². The Hall–Kier alpha value is -2.84. The zero-order chi connectivity index (χ0) is 17.2. The largest absolute Gasteiger partial charge is 0.337 e. The first kappa shape index (κ1) is 15.7. The number of hydrogen-bond acceptors (Lipinski definition) is 1. The van der Waals surface area contributed by atoms with Gasteiger partial charge in [0.25, 0.3) is 0 Å². The van der Waals surface area contributed by atoms with Crippen molar-refractivity contribution in [3.63, 3.8) is 0 Å². The molecule has 0 aliphatic carbocycles. The maximum absolute atomic E-state index is 6.20. The zero-order valence-electron chi connectivity index (χ0n) is 13.8. The van der Waals surface area contributed by atoms with Crippen molar-refractivity contribution in [2.45, 2.75) is 6.92 Å². The lowest BCUT2D eigenvalue weighted by Gasteiger charge is -2.03. The van der Waals surface area contributed by atoms with Crippen LogP contribution >= 0.6 is 11.6 Å². The number of benzene rings is 3. The summed E-state index contributed by atoms with van der Waals surface area (Å²) in [6.45, 7) is 2.09. The number of rotatable bonds is 3. The third-order valence-electron chi connectivity index (χ3n) is 4.16. The lowest BCUT2D eigenvalue weighted by molar-refractivity contribution is 1.30. The summed E-state index contributed by atoms with van der Waals surface area (Å²) in [7, 11) is 0. The van der Waals surface area contributed by atoms with Gasteiger partial charge in [0.15, 0.2) is 0 Å². The van der Waals surface area contributed by atoms with Gasteiger partial charge >= 0.3 is 0 Å². The van der Waals surface area contributed by atoms with Crippen molar-refractivity contribution in [2.75, 3.05) is 0 Å². The molecule has 0 spiro atoms. The number of aromatic nitrogens is 2. The molecule has 3 aromatic carbocycles. The van der Waals surface area contributed by atoms with Gasteiger partial charge in [0.2, 0.25) is 0 Å². The molecule has 0 aliphatic heterocycles. The van der Waals surface area contributed by atoms with E-state index in [1.54, 1.807) is 0 Å². The predicted molar refractivity (Wildman–Crippen MR) is 105 cm³/mol. The summed E-state index contributed by atoms with van der Waals surface area (Å²) in [5.74, 6) is 0.859. The van der Waals surface area contributed by atoms with Crippen LogP contribution in [0.5, 0.6) is 0 Å². The maximum Gasteiger partial charge on any atom is 0.138 e. The van der Waals surface area contributed by atoms with Crippen molar-refractivity contribution in [1.29, 1.82) is 0 Å². The molecule has 0 fully saturated rings. The Labute approximate surface area is 152 Å². The lowest BCUT2D eigenvalue weighted by atomic mass is 10.1. The van der Waals surface area contributed by atoms with Crippen molar-refractivity contribution >= 4 is 11.6 Å². The zero-order valence-corrected chi connectivity index (χ0v) is 14.6. The number of aromatic amines is 1. The van der Waals surface area contributed by atoms with Crippen LogP contribution in [0.1, 0.15) is 5.56 Å². The Morgan fingerprint density at radius 1 is 0.760 bits per heavy atom. The smallest absolute Gasteiger partial charge is 0.138 e. The van der Waals surface area contributed by atoms with Gasteiger partial charge in [0, 0.05) is 21.7 Å². The van der Waals surface area contributed by atoms with Crippen molar-refractivity contribution in [1.82, 2.24) is 9.97 Å². The summed E-state index contributed by atoms with van der Waals surface area (Å²) in [5, 5.41) is 0.705. The molecule has 25 heavy (non-hydrogen) atoms. The molecule has 0 radical (unpaired) electrons. The topological polar surface area (TPSA) is 28.7 Å². The van der Waals surface area contributed by atoms with Crippen LogP contribution in [0.2, 0.25) is 5.02 Å². The van der Waals surface area contributed by atoms with Gasteiger partial charge in [-0.2, -0.15) is 0 Å². The van der Waals surface area contributed by atoms with Gasteiger partial charge in [-0.05, 0) is 25.1 Å². The van der Waals surface area contributed by atoms with Crippen molar-refractivity contribution in [2.24, 2.45) is 0 Å². The minimum Gasteiger partial charge on any atom is -0.337 e. The van der Waals surface area contributed by atoms with Crippen LogP contribution < -0.4 is 0 Å². The third kappa shape index (κ3) is 3.21. The number of imidazole rings is 1. The highest BCUT2D eigenvalue weighted by molar-refractivity contribution is 6.30. The van der Waals surface area contributed by atoms with E-state index in [0.717, 1.165) is 33.9 Å². The average Bonchev–Trinajstić information content (AvgIpc) is 3.08. The third-order valence-corrected chi connectivity index (χ3v) is 4.39. The molecule has 3 heteroatoms. The highest BCUT2D eigenvalue weighted by Crippen LogP contribution is 2.34. The summed E-state index contributed by atoms with van der Waals surface area (Å²) in [4.78, 5) is 8.40. The summed E-state index contributed by atoms with van der Waals surface area (Å²) < 4.78 is 0. The van der Waals surface area contributed by atoms with Gasteiger partial charge in [-0.25, -0.2) is 4.98 Å². The average molecular weight is 345 g/mol. The van der Waals surface area contributed by atoms with Gasteiger partial charge in [-0.15, -0.1) is 0 Å². The van der Waals surface area contributed by atoms with Gasteiger partial charge in [-0.1, -0.05) is 77.8 Å². The molecule has 0 saturated carbocycles. The molecule has 0 amide bonds. The van der Waals surface area contributed by atoms with Crippen LogP contribution in [0.4, 0.5) is 0 Å². The van der Waals surface area contributed by atoms with Gasteiger partial charge in [0.05, 0.1) is 11.4 Å². The number of halogens is 1. The van der Waals surface area contributed by atoms with E-state index >= 15 is 0 Å². The second-order valence-electron chi connectivity index (χ2n) is 6.05. The van der Waals surface area contributed by atoms with Crippen molar-refractivity contribution in [3.05, 3.63) is 89.4 Å². The van der Waals surface area contributed by atoms with Crippen LogP contribution in [-0.4, -0.2) is 9.97 Å². The van der Waals surface area contributed by atoms with Gasteiger partial charge in [-0.3, -0.25) is 0 Å². The minimum absolute atomic E-state index is 0.705. The van der Waals surface area contributed by atoms with Crippen LogP contribution in [0.25, 0.3) is 33.9 Å². The summed E-state index contributed by atoms with van der Waals surface area (Å²) in [6, 6.07) is 26.4. The fourth-order valence-corrected chi connectivity index (χ4v) is 3.15. The van der Waals surface area contributed by atoms with E-state index < -0.39 is 0 Å². The van der Waals surface area contributed by atoms with Crippen molar-refractivity contribution in [3.8, 4) is 33.9 Å². The number of aryl methyl sites for hydroxylation is 1. The van der Waals surface area contributed by atoms with Crippen LogP contribution in [0.15, 0.2) is 78.9 Å². The van der Waals surface area contributed by atoms with E-state index in [1.807, 2.05) is 42.5 Å². The normalized spacial score (nSPS) is 10.8. The minimum atomic E-state index is 0.705. The first-order valence-corrected chi connectivity index (χ1v) is 8.57. The monoisotopic (exact) mass is 344 g/mol.